The minimum Gasteiger partial charge on any atom is -0.327 e. The Balaban J connectivity index is 1.57. The highest BCUT2D eigenvalue weighted by atomic mass is 35.5. The number of aromatic nitrogens is 2. The highest BCUT2D eigenvalue weighted by Gasteiger charge is 2.49. The van der Waals surface area contributed by atoms with Crippen LogP contribution in [0.25, 0.3) is 0 Å². The van der Waals surface area contributed by atoms with Crippen molar-refractivity contribution in [2.75, 3.05) is 6.54 Å². The second-order valence-electron chi connectivity index (χ2n) is 7.78. The zero-order valence-electron chi connectivity index (χ0n) is 16.2. The number of hydrogen-bond donors (Lipinski definition) is 1. The van der Waals surface area contributed by atoms with Crippen LogP contribution < -0.4 is 5.32 Å². The number of rotatable bonds is 2. The van der Waals surface area contributed by atoms with Gasteiger partial charge in [0.25, 0.3) is 5.91 Å². The lowest BCUT2D eigenvalue weighted by Crippen LogP contribution is -2.67. The van der Waals surface area contributed by atoms with Gasteiger partial charge in [0.1, 0.15) is 6.17 Å². The number of hydrazone groups is 1. The molecule has 1 unspecified atom stereocenters. The van der Waals surface area contributed by atoms with Crippen LogP contribution in [0.2, 0.25) is 5.02 Å². The summed E-state index contributed by atoms with van der Waals surface area (Å²) in [6, 6.07) is 5.15. The topological polar surface area (TPSA) is 73.7 Å². The quantitative estimate of drug-likeness (QED) is 0.761. The number of amides is 1. The van der Waals surface area contributed by atoms with Crippen LogP contribution in [0.15, 0.2) is 41.8 Å². The smallest absolute Gasteiger partial charge is 0.327 e. The van der Waals surface area contributed by atoms with Crippen molar-refractivity contribution in [1.29, 1.82) is 0 Å². The van der Waals surface area contributed by atoms with E-state index in [1.54, 1.807) is 18.5 Å². The number of piperidine rings is 1. The fourth-order valence-electron chi connectivity index (χ4n) is 4.52. The normalized spacial score (nSPS) is 25.3. The zero-order chi connectivity index (χ0) is 21.8. The monoisotopic (exact) mass is 450 g/mol. The van der Waals surface area contributed by atoms with E-state index in [9.17, 15) is 18.0 Å². The van der Waals surface area contributed by atoms with E-state index in [4.69, 9.17) is 11.6 Å². The summed E-state index contributed by atoms with van der Waals surface area (Å²) in [4.78, 5) is 23.9. The molecule has 3 aliphatic heterocycles. The summed E-state index contributed by atoms with van der Waals surface area (Å²) < 4.78 is 40.0. The fraction of sp³-hybridized carbons (Fsp3) is 0.400. The van der Waals surface area contributed by atoms with Crippen molar-refractivity contribution in [3.05, 3.63) is 58.6 Å². The Labute approximate surface area is 180 Å². The summed E-state index contributed by atoms with van der Waals surface area (Å²) in [7, 11) is 0. The number of fused-ring (bicyclic) bond motifs is 4. The standard InChI is InChI=1S/C20H18ClF3N6O/c21-15-12(5-2-6-13(15)20(22,23)24)19(31)30-18-14-7-1-4-11(27-14)10-29(18)17(28-30)16-25-8-3-9-26-16/h2-3,5-6,8-9,11,14,18,27H,1,4,7,10H2/t11-,14+,18?/m1/s1. The van der Waals surface area contributed by atoms with E-state index in [1.807, 2.05) is 4.90 Å². The first-order valence-corrected chi connectivity index (χ1v) is 10.3. The third kappa shape index (κ3) is 3.43. The average molecular weight is 451 g/mol. The molecular weight excluding hydrogens is 433 g/mol. The van der Waals surface area contributed by atoms with Gasteiger partial charge in [0.2, 0.25) is 0 Å². The number of nitrogens with one attached hydrogen (secondary N) is 1. The lowest BCUT2D eigenvalue weighted by Gasteiger charge is -2.47. The fourth-order valence-corrected chi connectivity index (χ4v) is 4.83. The van der Waals surface area contributed by atoms with E-state index in [2.05, 4.69) is 20.4 Å². The summed E-state index contributed by atoms with van der Waals surface area (Å²) >= 11 is 6.03. The maximum atomic E-state index is 13.4. The van der Waals surface area contributed by atoms with Crippen molar-refractivity contribution in [2.24, 2.45) is 5.10 Å². The average Bonchev–Trinajstić information content (AvgIpc) is 3.13. The van der Waals surface area contributed by atoms with E-state index in [-0.39, 0.29) is 17.6 Å². The molecule has 5 rings (SSSR count). The molecule has 7 nitrogen and oxygen atoms in total. The van der Waals surface area contributed by atoms with Gasteiger partial charge in [-0.25, -0.2) is 15.0 Å². The van der Waals surface area contributed by atoms with Gasteiger partial charge in [0.15, 0.2) is 11.7 Å². The van der Waals surface area contributed by atoms with Crippen molar-refractivity contribution in [1.82, 2.24) is 25.2 Å². The van der Waals surface area contributed by atoms with Crippen molar-refractivity contribution in [3.63, 3.8) is 0 Å². The Morgan fingerprint density at radius 2 is 1.94 bits per heavy atom. The third-order valence-electron chi connectivity index (χ3n) is 5.85. The number of hydrogen-bond acceptors (Lipinski definition) is 6. The molecule has 0 spiro atoms. The van der Waals surface area contributed by atoms with Gasteiger partial charge >= 0.3 is 6.18 Å². The van der Waals surface area contributed by atoms with E-state index in [1.165, 1.54) is 17.1 Å². The number of alkyl halides is 3. The Morgan fingerprint density at radius 3 is 2.68 bits per heavy atom. The van der Waals surface area contributed by atoms with Crippen LogP contribution in [-0.2, 0) is 6.18 Å². The van der Waals surface area contributed by atoms with Crippen LogP contribution in [0.1, 0.15) is 41.0 Å². The predicted molar refractivity (Wildman–Crippen MR) is 106 cm³/mol. The number of piperazine rings is 1. The van der Waals surface area contributed by atoms with Crippen molar-refractivity contribution in [2.45, 2.75) is 43.7 Å². The molecule has 1 aromatic heterocycles. The summed E-state index contributed by atoms with van der Waals surface area (Å²) in [6.45, 7) is 0.596. The first kappa shape index (κ1) is 20.2. The molecule has 2 saturated heterocycles. The van der Waals surface area contributed by atoms with Gasteiger partial charge in [0.05, 0.1) is 16.1 Å². The molecule has 3 atom stereocenters. The first-order valence-electron chi connectivity index (χ1n) is 9.92. The number of carbonyl (C=O) groups is 1. The third-order valence-corrected chi connectivity index (χ3v) is 6.25. The van der Waals surface area contributed by atoms with Crippen LogP contribution in [0, 0.1) is 0 Å². The molecule has 2 bridgehead atoms. The van der Waals surface area contributed by atoms with Crippen molar-refractivity contribution >= 4 is 23.3 Å². The second-order valence-corrected chi connectivity index (χ2v) is 8.16. The molecule has 162 valence electrons. The largest absolute Gasteiger partial charge is 0.417 e. The van der Waals surface area contributed by atoms with Gasteiger partial charge in [-0.05, 0) is 31.0 Å². The van der Waals surface area contributed by atoms with E-state index in [0.717, 1.165) is 25.3 Å². The number of amidine groups is 1. The SMILES string of the molecule is O=C(c1cccc(C(F)(F)F)c1Cl)N1N=C(c2ncccn2)N2C[C@H]3CCC[C@H](N3)C21. The molecule has 0 saturated carbocycles. The van der Waals surface area contributed by atoms with Gasteiger partial charge < -0.3 is 10.2 Å². The van der Waals surface area contributed by atoms with Crippen molar-refractivity contribution < 1.29 is 18.0 Å². The molecule has 1 N–H and O–H groups in total. The highest BCUT2D eigenvalue weighted by molar-refractivity contribution is 6.34. The van der Waals surface area contributed by atoms with Crippen LogP contribution in [0.4, 0.5) is 13.2 Å². The molecule has 3 aliphatic rings. The van der Waals surface area contributed by atoms with Crippen LogP contribution in [0.3, 0.4) is 0 Å². The zero-order valence-corrected chi connectivity index (χ0v) is 16.9. The van der Waals surface area contributed by atoms with Gasteiger partial charge in [0, 0.05) is 31.0 Å². The molecule has 11 heteroatoms. The number of nitrogens with zero attached hydrogens (tertiary/aromatic N) is 5. The van der Waals surface area contributed by atoms with Gasteiger partial charge in [-0.2, -0.15) is 13.2 Å². The maximum absolute atomic E-state index is 13.4. The highest BCUT2D eigenvalue weighted by Crippen LogP contribution is 2.38. The first-order chi connectivity index (χ1) is 14.8. The van der Waals surface area contributed by atoms with Crippen LogP contribution >= 0.6 is 11.6 Å². The molecule has 31 heavy (non-hydrogen) atoms. The maximum Gasteiger partial charge on any atom is 0.417 e. The Bertz CT molecular complexity index is 1050. The summed E-state index contributed by atoms with van der Waals surface area (Å²) in [6.07, 6.45) is 0.810. The molecule has 0 radical (unpaired) electrons. The molecule has 4 heterocycles. The number of halogens is 4. The minimum absolute atomic E-state index is 0.0778. The molecule has 1 amide bonds. The lowest BCUT2D eigenvalue weighted by molar-refractivity contribution is -0.137. The minimum atomic E-state index is -4.67. The number of carbonyl (C=O) groups excluding carboxylic acids is 1. The van der Waals surface area contributed by atoms with Crippen molar-refractivity contribution in [3.8, 4) is 0 Å². The molecule has 2 fully saturated rings. The second kappa shape index (κ2) is 7.45. The summed E-state index contributed by atoms with van der Waals surface area (Å²) in [5.74, 6) is 0.0983. The Hall–Kier alpha value is -2.72. The summed E-state index contributed by atoms with van der Waals surface area (Å²) in [5.41, 5.74) is -1.29. The Kier molecular flexibility index (Phi) is 4.86. The molecule has 1 aromatic carbocycles. The lowest BCUT2D eigenvalue weighted by atomic mass is 9.91. The number of benzene rings is 1. The molecular formula is C20H18ClF3N6O. The van der Waals surface area contributed by atoms with Gasteiger partial charge in [-0.3, -0.25) is 4.79 Å². The van der Waals surface area contributed by atoms with Gasteiger partial charge in [-0.15, -0.1) is 5.10 Å². The molecule has 2 aromatic rings. The van der Waals surface area contributed by atoms with Crippen LogP contribution in [-0.4, -0.2) is 56.4 Å². The van der Waals surface area contributed by atoms with E-state index >= 15 is 0 Å². The van der Waals surface area contributed by atoms with Crippen LogP contribution in [0.5, 0.6) is 0 Å². The van der Waals surface area contributed by atoms with E-state index < -0.39 is 28.8 Å². The Morgan fingerprint density at radius 1 is 1.16 bits per heavy atom. The molecule has 0 aliphatic carbocycles. The summed E-state index contributed by atoms with van der Waals surface area (Å²) in [5, 5.41) is 8.61. The van der Waals surface area contributed by atoms with Gasteiger partial charge in [-0.1, -0.05) is 24.1 Å². The predicted octanol–water partition coefficient (Wildman–Crippen LogP) is 3.12. The van der Waals surface area contributed by atoms with E-state index in [0.29, 0.717) is 18.2 Å².